The SMILES string of the molecule is CC1(C)c2cc(Br)cc(Br)c2Oc2c(Br)cc(Br)cc21. The largest absolute Gasteiger partial charge is 0.454 e. The van der Waals surface area contributed by atoms with E-state index in [-0.39, 0.29) is 5.41 Å². The highest BCUT2D eigenvalue weighted by Gasteiger charge is 2.36. The molecule has 0 fully saturated rings. The quantitative estimate of drug-likeness (QED) is 0.354. The highest BCUT2D eigenvalue weighted by molar-refractivity contribution is 9.11. The van der Waals surface area contributed by atoms with E-state index in [0.29, 0.717) is 0 Å². The highest BCUT2D eigenvalue weighted by Crippen LogP contribution is 2.53. The molecule has 104 valence electrons. The van der Waals surface area contributed by atoms with Crippen LogP contribution in [-0.4, -0.2) is 0 Å². The molecule has 0 aromatic heterocycles. The molecule has 1 nitrogen and oxygen atoms in total. The van der Waals surface area contributed by atoms with Crippen LogP contribution in [0.3, 0.4) is 0 Å². The van der Waals surface area contributed by atoms with Gasteiger partial charge in [-0.25, -0.2) is 0 Å². The lowest BCUT2D eigenvalue weighted by Crippen LogP contribution is -2.24. The lowest BCUT2D eigenvalue weighted by molar-refractivity contribution is 0.412. The Morgan fingerprint density at radius 1 is 0.750 bits per heavy atom. The molecule has 0 saturated carbocycles. The van der Waals surface area contributed by atoms with Gasteiger partial charge in [-0.3, -0.25) is 0 Å². The molecule has 0 radical (unpaired) electrons. The number of fused-ring (bicyclic) bond motifs is 2. The van der Waals surface area contributed by atoms with Gasteiger partial charge in [0.2, 0.25) is 0 Å². The fourth-order valence-electron chi connectivity index (χ4n) is 2.50. The van der Waals surface area contributed by atoms with Crippen LogP contribution in [0.15, 0.2) is 42.2 Å². The first kappa shape index (κ1) is 15.1. The second-order valence-corrected chi connectivity index (χ2v) is 8.80. The maximum absolute atomic E-state index is 6.15. The molecule has 0 amide bonds. The lowest BCUT2D eigenvalue weighted by Gasteiger charge is -2.35. The van der Waals surface area contributed by atoms with Crippen LogP contribution in [-0.2, 0) is 5.41 Å². The van der Waals surface area contributed by atoms with Gasteiger partial charge in [0.25, 0.3) is 0 Å². The van der Waals surface area contributed by atoms with E-state index in [1.807, 2.05) is 12.1 Å². The van der Waals surface area contributed by atoms with Gasteiger partial charge in [-0.15, -0.1) is 0 Å². The third-order valence-corrected chi connectivity index (χ3v) is 5.66. The minimum atomic E-state index is -0.137. The van der Waals surface area contributed by atoms with Crippen LogP contribution < -0.4 is 4.74 Å². The number of halogens is 4. The molecule has 1 heterocycles. The van der Waals surface area contributed by atoms with Gasteiger partial charge in [0, 0.05) is 25.5 Å². The van der Waals surface area contributed by atoms with Crippen LogP contribution in [0.4, 0.5) is 0 Å². The Bertz CT molecular complexity index is 663. The summed E-state index contributed by atoms with van der Waals surface area (Å²) in [4.78, 5) is 0. The molecule has 20 heavy (non-hydrogen) atoms. The molecule has 0 aliphatic carbocycles. The average Bonchev–Trinajstić information content (AvgIpc) is 2.32. The summed E-state index contributed by atoms with van der Waals surface area (Å²) < 4.78 is 10.1. The molecule has 0 spiro atoms. The predicted octanol–water partition coefficient (Wildman–Crippen LogP) is 7.17. The molecular formula is C15H10Br4O. The van der Waals surface area contributed by atoms with Crippen molar-refractivity contribution in [1.29, 1.82) is 0 Å². The second kappa shape index (κ2) is 5.11. The van der Waals surface area contributed by atoms with Crippen LogP contribution in [0.2, 0.25) is 0 Å². The second-order valence-electron chi connectivity index (χ2n) is 5.26. The van der Waals surface area contributed by atoms with Crippen LogP contribution in [0.25, 0.3) is 0 Å². The van der Waals surface area contributed by atoms with Gasteiger partial charge in [0.1, 0.15) is 11.5 Å². The van der Waals surface area contributed by atoms with Crippen molar-refractivity contribution in [3.63, 3.8) is 0 Å². The van der Waals surface area contributed by atoms with Gasteiger partial charge in [0.05, 0.1) is 8.95 Å². The third kappa shape index (κ3) is 2.31. The van der Waals surface area contributed by atoms with Crippen LogP contribution in [0.1, 0.15) is 25.0 Å². The molecule has 2 aromatic carbocycles. The first-order chi connectivity index (χ1) is 9.30. The summed E-state index contributed by atoms with van der Waals surface area (Å²) in [6.45, 7) is 4.43. The molecule has 1 aliphatic heterocycles. The minimum absolute atomic E-state index is 0.137. The normalized spacial score (nSPS) is 15.3. The fourth-order valence-corrected chi connectivity index (χ4v) is 5.12. The minimum Gasteiger partial charge on any atom is -0.454 e. The zero-order chi connectivity index (χ0) is 14.7. The van der Waals surface area contributed by atoms with Gasteiger partial charge < -0.3 is 4.74 Å². The zero-order valence-corrected chi connectivity index (χ0v) is 17.1. The third-order valence-electron chi connectivity index (χ3n) is 3.57. The van der Waals surface area contributed by atoms with E-state index < -0.39 is 0 Å². The standard InChI is InChI=1S/C15H10Br4O/c1-15(2)9-3-7(16)5-11(18)13(9)20-14-10(15)4-8(17)6-12(14)19/h3-6H,1-2H3. The van der Waals surface area contributed by atoms with Crippen LogP contribution in [0.5, 0.6) is 11.5 Å². The van der Waals surface area contributed by atoms with Gasteiger partial charge in [-0.2, -0.15) is 0 Å². The molecule has 0 unspecified atom stereocenters. The van der Waals surface area contributed by atoms with Gasteiger partial charge in [0.15, 0.2) is 0 Å². The van der Waals surface area contributed by atoms with E-state index in [4.69, 9.17) is 4.74 Å². The zero-order valence-electron chi connectivity index (χ0n) is 10.7. The highest BCUT2D eigenvalue weighted by atomic mass is 79.9. The van der Waals surface area contributed by atoms with Crippen molar-refractivity contribution >= 4 is 63.7 Å². The monoisotopic (exact) mass is 522 g/mol. The summed E-state index contributed by atoms with van der Waals surface area (Å²) in [6, 6.07) is 8.26. The smallest absolute Gasteiger partial charge is 0.145 e. The Hall–Kier alpha value is 0.160. The van der Waals surface area contributed by atoms with Gasteiger partial charge >= 0.3 is 0 Å². The Balaban J connectivity index is 2.34. The molecule has 0 bridgehead atoms. The maximum Gasteiger partial charge on any atom is 0.145 e. The van der Waals surface area contributed by atoms with Crippen molar-refractivity contribution in [2.75, 3.05) is 0 Å². The Morgan fingerprint density at radius 2 is 1.15 bits per heavy atom. The summed E-state index contributed by atoms with van der Waals surface area (Å²) in [7, 11) is 0. The lowest BCUT2D eigenvalue weighted by atomic mass is 9.76. The van der Waals surface area contributed by atoms with Crippen molar-refractivity contribution in [3.05, 3.63) is 53.3 Å². The number of benzene rings is 2. The van der Waals surface area contributed by atoms with E-state index in [0.717, 1.165) is 40.5 Å². The number of hydrogen-bond donors (Lipinski definition) is 0. The Labute approximate surface area is 151 Å². The maximum atomic E-state index is 6.15. The summed E-state index contributed by atoms with van der Waals surface area (Å²) in [5.41, 5.74) is 2.19. The van der Waals surface area contributed by atoms with Crippen molar-refractivity contribution in [3.8, 4) is 11.5 Å². The average molecular weight is 526 g/mol. The summed E-state index contributed by atoms with van der Waals surface area (Å²) in [6.07, 6.45) is 0. The molecule has 5 heteroatoms. The van der Waals surface area contributed by atoms with E-state index in [1.165, 1.54) is 0 Å². The number of rotatable bonds is 0. The molecule has 0 saturated heterocycles. The van der Waals surface area contributed by atoms with Crippen molar-refractivity contribution in [2.45, 2.75) is 19.3 Å². The van der Waals surface area contributed by atoms with E-state index in [9.17, 15) is 0 Å². The number of ether oxygens (including phenoxy) is 1. The van der Waals surface area contributed by atoms with E-state index >= 15 is 0 Å². The van der Waals surface area contributed by atoms with Crippen LogP contribution in [0, 0.1) is 0 Å². The van der Waals surface area contributed by atoms with Crippen LogP contribution >= 0.6 is 63.7 Å². The Kier molecular flexibility index (Phi) is 3.85. The first-order valence-corrected chi connectivity index (χ1v) is 9.15. The van der Waals surface area contributed by atoms with Crippen molar-refractivity contribution in [2.24, 2.45) is 0 Å². The molecule has 0 N–H and O–H groups in total. The number of hydrogen-bond acceptors (Lipinski definition) is 1. The summed E-state index contributed by atoms with van der Waals surface area (Å²) >= 11 is 14.3. The topological polar surface area (TPSA) is 9.23 Å². The Morgan fingerprint density at radius 3 is 1.55 bits per heavy atom. The molecule has 0 atom stereocenters. The molecule has 2 aromatic rings. The van der Waals surface area contributed by atoms with E-state index in [2.05, 4.69) is 89.7 Å². The van der Waals surface area contributed by atoms with Crippen molar-refractivity contribution < 1.29 is 4.74 Å². The molecule has 1 aliphatic rings. The predicted molar refractivity (Wildman–Crippen MR) is 95.9 cm³/mol. The summed E-state index contributed by atoms with van der Waals surface area (Å²) in [5, 5.41) is 0. The van der Waals surface area contributed by atoms with E-state index in [1.54, 1.807) is 0 Å². The fraction of sp³-hybridized carbons (Fsp3) is 0.200. The van der Waals surface area contributed by atoms with Gasteiger partial charge in [-0.1, -0.05) is 45.7 Å². The molecule has 3 rings (SSSR count). The first-order valence-electron chi connectivity index (χ1n) is 5.97. The summed E-state index contributed by atoms with van der Waals surface area (Å²) in [5.74, 6) is 1.77. The van der Waals surface area contributed by atoms with Crippen molar-refractivity contribution in [1.82, 2.24) is 0 Å². The van der Waals surface area contributed by atoms with Gasteiger partial charge in [-0.05, 0) is 56.1 Å². The molecular weight excluding hydrogens is 516 g/mol.